The first-order valence-corrected chi connectivity index (χ1v) is 6.61. The van der Waals surface area contributed by atoms with Gasteiger partial charge in [0.1, 0.15) is 5.82 Å². The number of aromatic nitrogens is 2. The van der Waals surface area contributed by atoms with Crippen molar-refractivity contribution < 1.29 is 4.79 Å². The maximum absolute atomic E-state index is 12.7. The van der Waals surface area contributed by atoms with Gasteiger partial charge in [0, 0.05) is 6.07 Å². The molecule has 2 rings (SSSR count). The molecule has 0 aromatic carbocycles. The van der Waals surface area contributed by atoms with Crippen molar-refractivity contribution in [2.75, 3.05) is 5.32 Å². The van der Waals surface area contributed by atoms with Gasteiger partial charge in [0.15, 0.2) is 0 Å². The Balaban J connectivity index is 2.29. The lowest BCUT2D eigenvalue weighted by Gasteiger charge is -2.36. The molecular formula is C16H19N3O. The summed E-state index contributed by atoms with van der Waals surface area (Å²) in [7, 11) is 0. The average molecular weight is 269 g/mol. The second-order valence-corrected chi connectivity index (χ2v) is 4.83. The Bertz CT molecular complexity index is 542. The molecule has 0 spiro atoms. The molecule has 1 aromatic rings. The molecule has 104 valence electrons. The highest BCUT2D eigenvalue weighted by Gasteiger charge is 2.41. The molecule has 1 aromatic heterocycles. The molecule has 1 aliphatic carbocycles. The lowest BCUT2D eigenvalue weighted by Crippen LogP contribution is -2.41. The lowest BCUT2D eigenvalue weighted by atomic mass is 9.68. The van der Waals surface area contributed by atoms with Gasteiger partial charge < -0.3 is 5.32 Å². The molecule has 1 heterocycles. The summed E-state index contributed by atoms with van der Waals surface area (Å²) in [6.07, 6.45) is 14.4. The third-order valence-electron chi connectivity index (χ3n) is 3.58. The van der Waals surface area contributed by atoms with Crippen LogP contribution in [0.3, 0.4) is 0 Å². The Morgan fingerprint density at radius 1 is 1.45 bits per heavy atom. The van der Waals surface area contributed by atoms with E-state index in [4.69, 9.17) is 0 Å². The first kappa shape index (κ1) is 14.1. The first-order valence-electron chi connectivity index (χ1n) is 6.61. The number of carbonyl (C=O) groups is 1. The summed E-state index contributed by atoms with van der Waals surface area (Å²) in [5.41, 5.74) is -0.629. The average Bonchev–Trinajstić information content (AvgIpc) is 2.94. The number of nitrogens with zero attached hydrogens (tertiary/aromatic N) is 1. The molecule has 0 saturated heterocycles. The van der Waals surface area contributed by atoms with E-state index >= 15 is 0 Å². The molecule has 0 bridgehead atoms. The minimum absolute atomic E-state index is 0.0610. The zero-order valence-corrected chi connectivity index (χ0v) is 11.4. The van der Waals surface area contributed by atoms with E-state index in [1.165, 1.54) is 0 Å². The Morgan fingerprint density at radius 2 is 2.30 bits per heavy atom. The molecule has 2 N–H and O–H groups in total. The number of rotatable bonds is 6. The van der Waals surface area contributed by atoms with Crippen LogP contribution < -0.4 is 5.32 Å². The predicted octanol–water partition coefficient (Wildman–Crippen LogP) is 3.23. The van der Waals surface area contributed by atoms with Gasteiger partial charge in [0.25, 0.3) is 0 Å². The van der Waals surface area contributed by atoms with Crippen molar-refractivity contribution in [3.8, 4) is 0 Å². The molecule has 20 heavy (non-hydrogen) atoms. The normalized spacial score (nSPS) is 24.3. The van der Waals surface area contributed by atoms with Crippen LogP contribution in [-0.4, -0.2) is 16.1 Å². The van der Waals surface area contributed by atoms with Crippen molar-refractivity contribution in [2.45, 2.75) is 12.8 Å². The Kier molecular flexibility index (Phi) is 4.35. The van der Waals surface area contributed by atoms with Gasteiger partial charge in [0.2, 0.25) is 5.91 Å². The number of H-pyrrole nitrogens is 1. The van der Waals surface area contributed by atoms with Gasteiger partial charge in [-0.05, 0) is 18.8 Å². The molecule has 0 fully saturated rings. The number of anilines is 1. The van der Waals surface area contributed by atoms with Crippen molar-refractivity contribution in [1.29, 1.82) is 0 Å². The zero-order chi connectivity index (χ0) is 14.4. The summed E-state index contributed by atoms with van der Waals surface area (Å²) in [6.45, 7) is 7.57. The maximum Gasteiger partial charge on any atom is 0.236 e. The summed E-state index contributed by atoms with van der Waals surface area (Å²) in [5, 5.41) is 9.46. The van der Waals surface area contributed by atoms with E-state index < -0.39 is 5.41 Å². The maximum atomic E-state index is 12.7. The first-order chi connectivity index (χ1) is 9.73. The Morgan fingerprint density at radius 3 is 2.95 bits per heavy atom. The topological polar surface area (TPSA) is 57.8 Å². The van der Waals surface area contributed by atoms with Crippen LogP contribution in [0.15, 0.2) is 61.9 Å². The van der Waals surface area contributed by atoms with Crippen LogP contribution in [0.2, 0.25) is 0 Å². The number of allylic oxidation sites excluding steroid dienone is 5. The quantitative estimate of drug-likeness (QED) is 0.779. The third-order valence-corrected chi connectivity index (χ3v) is 3.58. The highest BCUT2D eigenvalue weighted by Crippen LogP contribution is 2.40. The largest absolute Gasteiger partial charge is 0.310 e. The number of amides is 1. The minimum Gasteiger partial charge on any atom is -0.310 e. The van der Waals surface area contributed by atoms with Gasteiger partial charge in [-0.3, -0.25) is 9.89 Å². The summed E-state index contributed by atoms with van der Waals surface area (Å²) < 4.78 is 0. The molecule has 1 aliphatic rings. The van der Waals surface area contributed by atoms with E-state index in [1.807, 2.05) is 24.3 Å². The molecule has 2 atom stereocenters. The highest BCUT2D eigenvalue weighted by molar-refractivity contribution is 5.96. The fourth-order valence-electron chi connectivity index (χ4n) is 2.55. The molecule has 2 unspecified atom stereocenters. The van der Waals surface area contributed by atoms with Crippen LogP contribution in [0.1, 0.15) is 12.8 Å². The smallest absolute Gasteiger partial charge is 0.236 e. The monoisotopic (exact) mass is 269 g/mol. The van der Waals surface area contributed by atoms with Gasteiger partial charge in [-0.1, -0.05) is 36.5 Å². The fourth-order valence-corrected chi connectivity index (χ4v) is 2.55. The van der Waals surface area contributed by atoms with E-state index in [2.05, 4.69) is 34.7 Å². The van der Waals surface area contributed by atoms with Crippen LogP contribution in [0.5, 0.6) is 0 Å². The summed E-state index contributed by atoms with van der Waals surface area (Å²) in [4.78, 5) is 12.7. The van der Waals surface area contributed by atoms with Crippen molar-refractivity contribution in [2.24, 2.45) is 11.3 Å². The van der Waals surface area contributed by atoms with Crippen molar-refractivity contribution in [3.05, 3.63) is 61.9 Å². The number of aromatic amines is 1. The summed E-state index contributed by atoms with van der Waals surface area (Å²) in [6, 6.07) is 1.73. The Hall–Kier alpha value is -2.36. The van der Waals surface area contributed by atoms with Gasteiger partial charge in [-0.15, -0.1) is 13.2 Å². The summed E-state index contributed by atoms with van der Waals surface area (Å²) in [5.74, 6) is 0.610. The minimum atomic E-state index is -0.629. The lowest BCUT2D eigenvalue weighted by molar-refractivity contribution is -0.124. The second-order valence-electron chi connectivity index (χ2n) is 4.83. The van der Waals surface area contributed by atoms with Crippen LogP contribution in [-0.2, 0) is 4.79 Å². The number of hydrogen-bond donors (Lipinski definition) is 2. The molecule has 0 aliphatic heterocycles. The van der Waals surface area contributed by atoms with E-state index in [0.29, 0.717) is 12.2 Å². The van der Waals surface area contributed by atoms with Crippen LogP contribution in [0, 0.1) is 11.3 Å². The van der Waals surface area contributed by atoms with Gasteiger partial charge >= 0.3 is 0 Å². The highest BCUT2D eigenvalue weighted by atomic mass is 16.2. The van der Waals surface area contributed by atoms with Gasteiger partial charge in [0.05, 0.1) is 11.6 Å². The standard InChI is InChI=1S/C16H19N3O/c1-3-7-13-8-5-6-11-16(13,10-4-2)15(20)18-14-9-12-17-19-14/h3-6,8-9,11-13H,1-2,7,10H2,(H2,17,18,19,20). The molecule has 0 radical (unpaired) electrons. The number of carbonyl (C=O) groups excluding carboxylic acids is 1. The molecule has 0 saturated carbocycles. The second kappa shape index (κ2) is 6.19. The van der Waals surface area contributed by atoms with Crippen LogP contribution in [0.25, 0.3) is 0 Å². The van der Waals surface area contributed by atoms with Gasteiger partial charge in [-0.2, -0.15) is 5.10 Å². The van der Waals surface area contributed by atoms with Crippen molar-refractivity contribution >= 4 is 11.7 Å². The molecule has 1 amide bonds. The predicted molar refractivity (Wildman–Crippen MR) is 81.0 cm³/mol. The van der Waals surface area contributed by atoms with E-state index in [-0.39, 0.29) is 11.8 Å². The van der Waals surface area contributed by atoms with Crippen molar-refractivity contribution in [3.63, 3.8) is 0 Å². The van der Waals surface area contributed by atoms with Crippen molar-refractivity contribution in [1.82, 2.24) is 10.2 Å². The van der Waals surface area contributed by atoms with E-state index in [1.54, 1.807) is 18.3 Å². The van der Waals surface area contributed by atoms with E-state index in [9.17, 15) is 4.79 Å². The fraction of sp³-hybridized carbons (Fsp3) is 0.250. The molecular weight excluding hydrogens is 250 g/mol. The van der Waals surface area contributed by atoms with Crippen LogP contribution >= 0.6 is 0 Å². The van der Waals surface area contributed by atoms with E-state index in [0.717, 1.165) is 6.42 Å². The van der Waals surface area contributed by atoms with Gasteiger partial charge in [-0.25, -0.2) is 0 Å². The van der Waals surface area contributed by atoms with Crippen LogP contribution in [0.4, 0.5) is 5.82 Å². The summed E-state index contributed by atoms with van der Waals surface area (Å²) >= 11 is 0. The third kappa shape index (κ3) is 2.64. The zero-order valence-electron chi connectivity index (χ0n) is 11.4. The Labute approximate surface area is 119 Å². The SMILES string of the molecule is C=CCC1C=CC=CC1(CC=C)C(=O)Nc1ccn[nH]1. The number of hydrogen-bond acceptors (Lipinski definition) is 2. The molecule has 4 nitrogen and oxygen atoms in total. The molecule has 4 heteroatoms. The number of nitrogens with one attached hydrogen (secondary N) is 2.